The van der Waals surface area contributed by atoms with Crippen molar-refractivity contribution >= 4 is 5.57 Å². The molecule has 0 heterocycles. The Kier molecular flexibility index (Phi) is 3.74. The van der Waals surface area contributed by atoms with Gasteiger partial charge >= 0.3 is 0 Å². The summed E-state index contributed by atoms with van der Waals surface area (Å²) < 4.78 is 0. The van der Waals surface area contributed by atoms with Gasteiger partial charge in [-0.25, -0.2) is 0 Å². The molecule has 1 saturated carbocycles. The lowest BCUT2D eigenvalue weighted by molar-refractivity contribution is 0.0797. The number of rotatable bonds is 1. The summed E-state index contributed by atoms with van der Waals surface area (Å²) in [6, 6.07) is 17.0. The van der Waals surface area contributed by atoms with Gasteiger partial charge in [0, 0.05) is 0 Å². The summed E-state index contributed by atoms with van der Waals surface area (Å²) in [5, 5.41) is 9.64. The number of benzene rings is 2. The number of fused-ring (bicyclic) bond motifs is 4. The van der Waals surface area contributed by atoms with Gasteiger partial charge in [0.05, 0.1) is 0 Å². The molecule has 0 saturated heterocycles. The molecule has 2 atom stereocenters. The Hall–Kier alpha value is -2.02. The topological polar surface area (TPSA) is 20.2 Å². The normalized spacial score (nSPS) is 32.8. The van der Waals surface area contributed by atoms with E-state index in [4.69, 9.17) is 0 Å². The molecule has 0 bridgehead atoms. The Bertz CT molecular complexity index is 837. The van der Waals surface area contributed by atoms with Crippen LogP contribution < -0.4 is 0 Å². The van der Waals surface area contributed by atoms with Gasteiger partial charge in [-0.05, 0) is 83.2 Å². The van der Waals surface area contributed by atoms with Crippen molar-refractivity contribution < 1.29 is 5.11 Å². The van der Waals surface area contributed by atoms with E-state index in [9.17, 15) is 5.11 Å². The van der Waals surface area contributed by atoms with Crippen LogP contribution in [0.1, 0.15) is 61.6 Å². The van der Waals surface area contributed by atoms with Gasteiger partial charge in [-0.15, -0.1) is 0 Å². The van der Waals surface area contributed by atoms with Crippen LogP contribution in [0, 0.1) is 17.3 Å². The highest BCUT2D eigenvalue weighted by Gasteiger charge is 2.49. The summed E-state index contributed by atoms with van der Waals surface area (Å²) in [5.41, 5.74) is 6.42. The van der Waals surface area contributed by atoms with Gasteiger partial charge < -0.3 is 5.11 Å². The molecule has 1 spiro atoms. The molecule has 3 aliphatic rings. The first-order chi connectivity index (χ1) is 12.6. The van der Waals surface area contributed by atoms with Crippen LogP contribution in [0.25, 0.3) is 5.57 Å². The van der Waals surface area contributed by atoms with Gasteiger partial charge in [0.25, 0.3) is 0 Å². The van der Waals surface area contributed by atoms with E-state index in [1.807, 2.05) is 12.1 Å². The molecular formula is C25H28O. The highest BCUT2D eigenvalue weighted by Crippen LogP contribution is 2.60. The van der Waals surface area contributed by atoms with E-state index in [1.54, 1.807) is 11.1 Å². The van der Waals surface area contributed by atoms with Crippen LogP contribution in [-0.2, 0) is 6.42 Å². The van der Waals surface area contributed by atoms with E-state index >= 15 is 0 Å². The fraction of sp³-hybridized carbons (Fsp3) is 0.440. The number of phenolic OH excluding ortho intramolecular Hbond substituents is 1. The fourth-order valence-electron chi connectivity index (χ4n) is 5.96. The summed E-state index contributed by atoms with van der Waals surface area (Å²) in [4.78, 5) is 0. The molecule has 0 aliphatic heterocycles. The Labute approximate surface area is 156 Å². The molecular weight excluding hydrogens is 316 g/mol. The maximum atomic E-state index is 9.64. The zero-order valence-corrected chi connectivity index (χ0v) is 15.6. The molecule has 5 rings (SSSR count). The maximum Gasteiger partial charge on any atom is 0.115 e. The van der Waals surface area contributed by atoms with Crippen LogP contribution >= 0.6 is 0 Å². The van der Waals surface area contributed by atoms with Crippen molar-refractivity contribution in [2.45, 2.75) is 51.4 Å². The molecule has 2 aromatic rings. The molecule has 134 valence electrons. The van der Waals surface area contributed by atoms with Crippen molar-refractivity contribution in [2.24, 2.45) is 17.3 Å². The average Bonchev–Trinajstić information content (AvgIpc) is 3.12. The minimum absolute atomic E-state index is 0.354. The number of hydrogen-bond acceptors (Lipinski definition) is 1. The summed E-state index contributed by atoms with van der Waals surface area (Å²) in [7, 11) is 0. The van der Waals surface area contributed by atoms with Crippen molar-refractivity contribution in [3.8, 4) is 5.75 Å². The molecule has 26 heavy (non-hydrogen) atoms. The summed E-state index contributed by atoms with van der Waals surface area (Å²) in [6.45, 7) is 2.42. The van der Waals surface area contributed by atoms with Crippen LogP contribution in [-0.4, -0.2) is 5.11 Å². The first kappa shape index (κ1) is 16.2. The predicted octanol–water partition coefficient (Wildman–Crippen LogP) is 6.33. The number of allylic oxidation sites excluding steroid dienone is 2. The van der Waals surface area contributed by atoms with Crippen LogP contribution in [0.3, 0.4) is 0 Å². The fourth-order valence-corrected chi connectivity index (χ4v) is 5.96. The molecule has 1 N–H and O–H groups in total. The van der Waals surface area contributed by atoms with Gasteiger partial charge in [-0.3, -0.25) is 0 Å². The standard InChI is InChI=1S/C25H28O/c1-17-10-12-25(13-11-17)16-19-4-2-3-5-22(19)23-14-20(15-24(23)25)18-6-8-21(26)9-7-18/h2-9,15,17,23-24,26H,10-14,16H2,1H3. The molecule has 0 amide bonds. The lowest BCUT2D eigenvalue weighted by Gasteiger charge is -2.49. The SMILES string of the molecule is CC1CCC2(CC1)Cc1ccccc1C1CC(c3ccc(O)cc3)=CC12. The third-order valence-corrected chi connectivity index (χ3v) is 7.47. The van der Waals surface area contributed by atoms with Gasteiger partial charge in [-0.1, -0.05) is 62.2 Å². The highest BCUT2D eigenvalue weighted by atomic mass is 16.3. The zero-order chi connectivity index (χ0) is 17.7. The minimum Gasteiger partial charge on any atom is -0.508 e. The average molecular weight is 344 g/mol. The van der Waals surface area contributed by atoms with Crippen LogP contribution in [0.5, 0.6) is 5.75 Å². The second-order valence-electron chi connectivity index (χ2n) is 9.00. The predicted molar refractivity (Wildman–Crippen MR) is 107 cm³/mol. The van der Waals surface area contributed by atoms with E-state index in [0.717, 1.165) is 12.3 Å². The first-order valence-corrected chi connectivity index (χ1v) is 10.2. The Morgan fingerprint density at radius 2 is 1.69 bits per heavy atom. The van der Waals surface area contributed by atoms with Crippen LogP contribution in [0.15, 0.2) is 54.6 Å². The number of aromatic hydroxyl groups is 1. The molecule has 0 aromatic heterocycles. The van der Waals surface area contributed by atoms with E-state index < -0.39 is 0 Å². The second-order valence-corrected chi connectivity index (χ2v) is 9.00. The van der Waals surface area contributed by atoms with E-state index in [0.29, 0.717) is 23.0 Å². The second kappa shape index (κ2) is 6.01. The van der Waals surface area contributed by atoms with Crippen molar-refractivity contribution in [1.82, 2.24) is 0 Å². The van der Waals surface area contributed by atoms with E-state index in [1.165, 1.54) is 43.2 Å². The van der Waals surface area contributed by atoms with E-state index in [2.05, 4.69) is 49.4 Å². The monoisotopic (exact) mass is 344 g/mol. The Balaban J connectivity index is 1.57. The Morgan fingerprint density at radius 1 is 0.962 bits per heavy atom. The van der Waals surface area contributed by atoms with Gasteiger partial charge in [0.1, 0.15) is 5.75 Å². The molecule has 2 unspecified atom stereocenters. The van der Waals surface area contributed by atoms with Crippen molar-refractivity contribution in [2.75, 3.05) is 0 Å². The smallest absolute Gasteiger partial charge is 0.115 e. The first-order valence-electron chi connectivity index (χ1n) is 10.2. The summed E-state index contributed by atoms with van der Waals surface area (Å²) in [6.07, 6.45) is 10.5. The zero-order valence-electron chi connectivity index (χ0n) is 15.6. The minimum atomic E-state index is 0.354. The van der Waals surface area contributed by atoms with Crippen LogP contribution in [0.2, 0.25) is 0 Å². The maximum absolute atomic E-state index is 9.64. The van der Waals surface area contributed by atoms with Crippen LogP contribution in [0.4, 0.5) is 0 Å². The lowest BCUT2D eigenvalue weighted by atomic mass is 9.55. The van der Waals surface area contributed by atoms with Crippen molar-refractivity contribution in [1.29, 1.82) is 0 Å². The summed E-state index contributed by atoms with van der Waals surface area (Å²) in [5.74, 6) is 2.55. The molecule has 1 nitrogen and oxygen atoms in total. The molecule has 0 radical (unpaired) electrons. The summed E-state index contributed by atoms with van der Waals surface area (Å²) >= 11 is 0. The molecule has 3 aliphatic carbocycles. The van der Waals surface area contributed by atoms with Crippen molar-refractivity contribution in [3.63, 3.8) is 0 Å². The van der Waals surface area contributed by atoms with Crippen molar-refractivity contribution in [3.05, 3.63) is 71.3 Å². The quantitative estimate of drug-likeness (QED) is 0.640. The van der Waals surface area contributed by atoms with Gasteiger partial charge in [0.15, 0.2) is 0 Å². The molecule has 1 heteroatoms. The van der Waals surface area contributed by atoms with Gasteiger partial charge in [-0.2, -0.15) is 0 Å². The third-order valence-electron chi connectivity index (χ3n) is 7.47. The Morgan fingerprint density at radius 3 is 2.46 bits per heavy atom. The number of phenols is 1. The highest BCUT2D eigenvalue weighted by molar-refractivity contribution is 5.70. The lowest BCUT2D eigenvalue weighted by Crippen LogP contribution is -2.41. The molecule has 1 fully saturated rings. The third kappa shape index (κ3) is 2.52. The molecule has 2 aromatic carbocycles. The largest absolute Gasteiger partial charge is 0.508 e. The number of hydrogen-bond donors (Lipinski definition) is 1. The van der Waals surface area contributed by atoms with Gasteiger partial charge in [0.2, 0.25) is 0 Å². The van der Waals surface area contributed by atoms with E-state index in [-0.39, 0.29) is 0 Å².